The lowest BCUT2D eigenvalue weighted by atomic mass is 9.91. The Bertz CT molecular complexity index is 718. The largest absolute Gasteiger partial charge is 0.381 e. The molecule has 1 heterocycles. The summed E-state index contributed by atoms with van der Waals surface area (Å²) in [5.41, 5.74) is 9.59. The Morgan fingerprint density at radius 2 is 2.13 bits per heavy atom. The van der Waals surface area contributed by atoms with Gasteiger partial charge in [-0.2, -0.15) is 9.64 Å². The van der Waals surface area contributed by atoms with Gasteiger partial charge in [0.25, 0.3) is 0 Å². The van der Waals surface area contributed by atoms with E-state index < -0.39 is 0 Å². The van der Waals surface area contributed by atoms with Crippen LogP contribution in [0.2, 0.25) is 0 Å². The molecule has 0 radical (unpaired) electrons. The second kappa shape index (κ2) is 6.99. The first-order chi connectivity index (χ1) is 11.2. The van der Waals surface area contributed by atoms with Crippen LogP contribution in [0.5, 0.6) is 0 Å². The Labute approximate surface area is 140 Å². The van der Waals surface area contributed by atoms with Gasteiger partial charge in [0.05, 0.1) is 16.9 Å². The molecule has 0 bridgehead atoms. The molecule has 120 valence electrons. The standard InChI is InChI=1S/C17H21N5S/c1-11-8-17(23-22-11)21-16-9-13(7-6-12(16)10-18)20-15-5-3-2-4-14(15)19/h6-9,14-15,20-21H,2-5,19H2,1H3/t14-,15+/m0/s1. The minimum Gasteiger partial charge on any atom is -0.381 e. The molecule has 3 rings (SSSR count). The van der Waals surface area contributed by atoms with Crippen LogP contribution >= 0.6 is 11.5 Å². The molecule has 2 atom stereocenters. The van der Waals surface area contributed by atoms with Gasteiger partial charge in [0.1, 0.15) is 11.1 Å². The second-order valence-corrected chi connectivity index (χ2v) is 6.83. The summed E-state index contributed by atoms with van der Waals surface area (Å²) in [4.78, 5) is 0. The lowest BCUT2D eigenvalue weighted by molar-refractivity contribution is 0.404. The molecule has 0 spiro atoms. The molecule has 0 aliphatic heterocycles. The molecule has 5 nitrogen and oxygen atoms in total. The molecule has 1 aromatic heterocycles. The van der Waals surface area contributed by atoms with Gasteiger partial charge < -0.3 is 16.4 Å². The molecule has 2 aromatic rings. The van der Waals surface area contributed by atoms with E-state index in [-0.39, 0.29) is 6.04 Å². The fraction of sp³-hybridized carbons (Fsp3) is 0.412. The van der Waals surface area contributed by atoms with E-state index >= 15 is 0 Å². The van der Waals surface area contributed by atoms with E-state index in [0.717, 1.165) is 34.9 Å². The molecule has 0 unspecified atom stereocenters. The molecule has 4 N–H and O–H groups in total. The van der Waals surface area contributed by atoms with E-state index in [1.54, 1.807) is 0 Å². The summed E-state index contributed by atoms with van der Waals surface area (Å²) in [6.45, 7) is 1.95. The first kappa shape index (κ1) is 15.8. The Morgan fingerprint density at radius 1 is 1.30 bits per heavy atom. The van der Waals surface area contributed by atoms with E-state index in [2.05, 4.69) is 21.1 Å². The number of hydrogen-bond donors (Lipinski definition) is 3. The molecule has 1 aliphatic carbocycles. The second-order valence-electron chi connectivity index (χ2n) is 6.03. The van der Waals surface area contributed by atoms with Crippen LogP contribution in [0.15, 0.2) is 24.3 Å². The molecule has 1 aromatic carbocycles. The highest BCUT2D eigenvalue weighted by atomic mass is 32.1. The third kappa shape index (κ3) is 3.81. The molecule has 6 heteroatoms. The SMILES string of the molecule is Cc1cc(Nc2cc(N[C@@H]3CCCC[C@@H]3N)ccc2C#N)sn1. The number of nitriles is 1. The molecule has 0 saturated heterocycles. The van der Waals surface area contributed by atoms with Crippen molar-refractivity contribution in [1.29, 1.82) is 5.26 Å². The number of benzene rings is 1. The minimum atomic E-state index is 0.194. The number of nitrogens with zero attached hydrogens (tertiary/aromatic N) is 2. The molecular weight excluding hydrogens is 306 g/mol. The van der Waals surface area contributed by atoms with Gasteiger partial charge in [-0.1, -0.05) is 12.8 Å². The number of anilines is 3. The maximum absolute atomic E-state index is 9.31. The minimum absolute atomic E-state index is 0.194. The van der Waals surface area contributed by atoms with Gasteiger partial charge in [-0.3, -0.25) is 0 Å². The van der Waals surface area contributed by atoms with E-state index in [1.807, 2.05) is 31.2 Å². The van der Waals surface area contributed by atoms with Crippen LogP contribution in [0.4, 0.5) is 16.4 Å². The van der Waals surface area contributed by atoms with Crippen LogP contribution in [-0.4, -0.2) is 16.5 Å². The van der Waals surface area contributed by atoms with Crippen molar-refractivity contribution in [3.05, 3.63) is 35.5 Å². The first-order valence-corrected chi connectivity index (χ1v) is 8.69. The zero-order valence-corrected chi connectivity index (χ0v) is 14.0. The van der Waals surface area contributed by atoms with E-state index in [4.69, 9.17) is 5.73 Å². The quantitative estimate of drug-likeness (QED) is 0.796. The molecule has 1 fully saturated rings. The zero-order chi connectivity index (χ0) is 16.2. The molecule has 0 amide bonds. The van der Waals surface area contributed by atoms with Crippen LogP contribution < -0.4 is 16.4 Å². The fourth-order valence-electron chi connectivity index (χ4n) is 2.94. The van der Waals surface area contributed by atoms with E-state index in [1.165, 1.54) is 24.4 Å². The summed E-state index contributed by atoms with van der Waals surface area (Å²) >= 11 is 1.39. The van der Waals surface area contributed by atoms with Crippen molar-refractivity contribution in [2.24, 2.45) is 5.73 Å². The lowest BCUT2D eigenvalue weighted by Crippen LogP contribution is -2.42. The number of aryl methyl sites for hydroxylation is 1. The summed E-state index contributed by atoms with van der Waals surface area (Å²) in [6, 6.07) is 10.5. The van der Waals surface area contributed by atoms with Crippen LogP contribution in [0, 0.1) is 18.3 Å². The topological polar surface area (TPSA) is 86.8 Å². The van der Waals surface area contributed by atoms with Gasteiger partial charge in [-0.25, -0.2) is 0 Å². The van der Waals surface area contributed by atoms with Gasteiger partial charge in [0.15, 0.2) is 0 Å². The highest BCUT2D eigenvalue weighted by molar-refractivity contribution is 7.10. The summed E-state index contributed by atoms with van der Waals surface area (Å²) in [5.74, 6) is 0. The zero-order valence-electron chi connectivity index (χ0n) is 13.2. The highest BCUT2D eigenvalue weighted by Crippen LogP contribution is 2.28. The number of nitrogens with one attached hydrogen (secondary N) is 2. The highest BCUT2D eigenvalue weighted by Gasteiger charge is 2.21. The Kier molecular flexibility index (Phi) is 4.79. The normalized spacial score (nSPS) is 20.7. The van der Waals surface area contributed by atoms with Crippen molar-refractivity contribution in [2.45, 2.75) is 44.7 Å². The average Bonchev–Trinajstić information content (AvgIpc) is 2.95. The van der Waals surface area contributed by atoms with Gasteiger partial charge >= 0.3 is 0 Å². The molecule has 1 aliphatic rings. The van der Waals surface area contributed by atoms with Crippen molar-refractivity contribution in [1.82, 2.24) is 4.37 Å². The molecule has 1 saturated carbocycles. The molecular formula is C17H21N5S. The van der Waals surface area contributed by atoms with Crippen LogP contribution in [0.3, 0.4) is 0 Å². The van der Waals surface area contributed by atoms with Crippen molar-refractivity contribution in [2.75, 3.05) is 10.6 Å². The number of nitrogens with two attached hydrogens (primary N) is 1. The number of aromatic nitrogens is 1. The Hall–Kier alpha value is -2.10. The number of hydrogen-bond acceptors (Lipinski definition) is 6. The van der Waals surface area contributed by atoms with Gasteiger partial charge in [0, 0.05) is 17.8 Å². The lowest BCUT2D eigenvalue weighted by Gasteiger charge is -2.30. The summed E-state index contributed by atoms with van der Waals surface area (Å²) < 4.78 is 4.26. The first-order valence-electron chi connectivity index (χ1n) is 7.92. The Morgan fingerprint density at radius 3 is 2.83 bits per heavy atom. The maximum atomic E-state index is 9.31. The van der Waals surface area contributed by atoms with Crippen LogP contribution in [0.1, 0.15) is 36.9 Å². The number of rotatable bonds is 4. The predicted molar refractivity (Wildman–Crippen MR) is 95.1 cm³/mol. The maximum Gasteiger partial charge on any atom is 0.114 e. The smallest absolute Gasteiger partial charge is 0.114 e. The average molecular weight is 327 g/mol. The monoisotopic (exact) mass is 327 g/mol. The summed E-state index contributed by atoms with van der Waals surface area (Å²) in [7, 11) is 0. The van der Waals surface area contributed by atoms with Gasteiger partial charge in [-0.15, -0.1) is 0 Å². The van der Waals surface area contributed by atoms with Crippen LogP contribution in [0.25, 0.3) is 0 Å². The fourth-order valence-corrected chi connectivity index (χ4v) is 3.62. The summed E-state index contributed by atoms with van der Waals surface area (Å²) in [5, 5.41) is 17.1. The van der Waals surface area contributed by atoms with Crippen molar-refractivity contribution in [3.63, 3.8) is 0 Å². The van der Waals surface area contributed by atoms with E-state index in [0.29, 0.717) is 11.6 Å². The predicted octanol–water partition coefficient (Wildman–Crippen LogP) is 3.75. The van der Waals surface area contributed by atoms with E-state index in [9.17, 15) is 5.26 Å². The van der Waals surface area contributed by atoms with Crippen molar-refractivity contribution < 1.29 is 0 Å². The van der Waals surface area contributed by atoms with Crippen molar-refractivity contribution >= 4 is 27.9 Å². The van der Waals surface area contributed by atoms with Gasteiger partial charge in [-0.05, 0) is 55.6 Å². The third-order valence-corrected chi connectivity index (χ3v) is 4.99. The third-order valence-electron chi connectivity index (χ3n) is 4.20. The van der Waals surface area contributed by atoms with Crippen molar-refractivity contribution in [3.8, 4) is 6.07 Å². The summed E-state index contributed by atoms with van der Waals surface area (Å²) in [6.07, 6.45) is 4.59. The van der Waals surface area contributed by atoms with Crippen LogP contribution in [-0.2, 0) is 0 Å². The molecule has 23 heavy (non-hydrogen) atoms. The Balaban J connectivity index is 1.79. The van der Waals surface area contributed by atoms with Gasteiger partial charge in [0.2, 0.25) is 0 Å².